The van der Waals surface area contributed by atoms with E-state index < -0.39 is 0 Å². The van der Waals surface area contributed by atoms with Crippen LogP contribution >= 0.6 is 0 Å². The third-order valence-electron chi connectivity index (χ3n) is 2.53. The maximum atomic E-state index is 9.27. The van der Waals surface area contributed by atoms with Crippen molar-refractivity contribution in [3.63, 3.8) is 0 Å². The average Bonchev–Trinajstić information content (AvgIpc) is 2.27. The lowest BCUT2D eigenvalue weighted by Crippen LogP contribution is -2.54. The summed E-state index contributed by atoms with van der Waals surface area (Å²) in [5.41, 5.74) is 4.99. The summed E-state index contributed by atoms with van der Waals surface area (Å²) in [4.78, 5) is 0. The minimum absolute atomic E-state index is 0.0368. The van der Waals surface area contributed by atoms with Crippen molar-refractivity contribution in [2.45, 2.75) is 18.4 Å². The first-order chi connectivity index (χ1) is 6.72. The molecule has 1 aliphatic heterocycles. The highest BCUT2D eigenvalue weighted by Gasteiger charge is 2.31. The average molecular weight is 203 g/mol. The minimum atomic E-state index is -0.340. The first kappa shape index (κ1) is 11.2. The van der Waals surface area contributed by atoms with Crippen LogP contribution in [0.15, 0.2) is 5.16 Å². The number of nitrogens with zero attached hydrogens (tertiary/aromatic N) is 1. The Labute approximate surface area is 82.7 Å². The summed E-state index contributed by atoms with van der Waals surface area (Å²) in [5, 5.41) is 23.6. The molecule has 1 rings (SSSR count). The van der Waals surface area contributed by atoms with Gasteiger partial charge in [-0.05, 0) is 12.8 Å². The maximum Gasteiger partial charge on any atom is 0.153 e. The van der Waals surface area contributed by atoms with E-state index in [0.29, 0.717) is 13.2 Å². The number of nitrogens with one attached hydrogen (secondary N) is 1. The molecule has 0 amide bonds. The SMILES string of the molecule is NC(CNC1(CO)CCOCC1)=NO. The molecule has 0 aromatic carbocycles. The molecule has 82 valence electrons. The third kappa shape index (κ3) is 2.83. The zero-order chi connectivity index (χ0) is 10.4. The van der Waals surface area contributed by atoms with E-state index in [0.717, 1.165) is 12.8 Å². The van der Waals surface area contributed by atoms with Crippen molar-refractivity contribution in [2.75, 3.05) is 26.4 Å². The summed E-state index contributed by atoms with van der Waals surface area (Å²) in [6.07, 6.45) is 1.48. The van der Waals surface area contributed by atoms with E-state index in [1.165, 1.54) is 0 Å². The number of oxime groups is 1. The van der Waals surface area contributed by atoms with Crippen LogP contribution in [0.5, 0.6) is 0 Å². The number of hydrogen-bond donors (Lipinski definition) is 4. The number of rotatable bonds is 4. The van der Waals surface area contributed by atoms with E-state index >= 15 is 0 Å². The van der Waals surface area contributed by atoms with Crippen molar-refractivity contribution in [1.82, 2.24) is 5.32 Å². The predicted molar refractivity (Wildman–Crippen MR) is 51.3 cm³/mol. The topological polar surface area (TPSA) is 100 Å². The number of nitrogens with two attached hydrogens (primary N) is 1. The van der Waals surface area contributed by atoms with Crippen molar-refractivity contribution in [2.24, 2.45) is 10.9 Å². The molecule has 0 unspecified atom stereocenters. The minimum Gasteiger partial charge on any atom is -0.409 e. The Morgan fingerprint density at radius 3 is 2.64 bits per heavy atom. The molecule has 14 heavy (non-hydrogen) atoms. The van der Waals surface area contributed by atoms with Gasteiger partial charge < -0.3 is 26.1 Å². The predicted octanol–water partition coefficient (Wildman–Crippen LogP) is -1.14. The fourth-order valence-corrected chi connectivity index (χ4v) is 1.47. The molecule has 0 aromatic heterocycles. The second-order valence-corrected chi connectivity index (χ2v) is 3.50. The summed E-state index contributed by atoms with van der Waals surface area (Å²) in [7, 11) is 0. The van der Waals surface area contributed by atoms with Gasteiger partial charge in [0.05, 0.1) is 13.2 Å². The second kappa shape index (κ2) is 5.14. The van der Waals surface area contributed by atoms with Crippen molar-refractivity contribution < 1.29 is 15.1 Å². The van der Waals surface area contributed by atoms with Gasteiger partial charge in [-0.2, -0.15) is 0 Å². The summed E-state index contributed by atoms with van der Waals surface area (Å²) >= 11 is 0. The van der Waals surface area contributed by atoms with Gasteiger partial charge in [-0.25, -0.2) is 0 Å². The zero-order valence-electron chi connectivity index (χ0n) is 8.07. The maximum absolute atomic E-state index is 9.27. The van der Waals surface area contributed by atoms with Crippen LogP contribution in [0.2, 0.25) is 0 Å². The molecule has 6 nitrogen and oxygen atoms in total. The Kier molecular flexibility index (Phi) is 4.12. The molecule has 0 atom stereocenters. The fourth-order valence-electron chi connectivity index (χ4n) is 1.47. The van der Waals surface area contributed by atoms with Gasteiger partial charge in [0.1, 0.15) is 0 Å². The van der Waals surface area contributed by atoms with E-state index in [4.69, 9.17) is 15.7 Å². The van der Waals surface area contributed by atoms with Crippen LogP contribution in [-0.4, -0.2) is 48.1 Å². The van der Waals surface area contributed by atoms with E-state index in [1.807, 2.05) is 0 Å². The van der Waals surface area contributed by atoms with Crippen molar-refractivity contribution in [1.29, 1.82) is 0 Å². The van der Waals surface area contributed by atoms with Crippen molar-refractivity contribution >= 4 is 5.84 Å². The first-order valence-corrected chi connectivity index (χ1v) is 4.62. The Morgan fingerprint density at radius 1 is 1.50 bits per heavy atom. The molecule has 0 aromatic rings. The monoisotopic (exact) mass is 203 g/mol. The van der Waals surface area contributed by atoms with Crippen LogP contribution in [0.1, 0.15) is 12.8 Å². The zero-order valence-corrected chi connectivity index (χ0v) is 8.07. The lowest BCUT2D eigenvalue weighted by atomic mass is 9.91. The molecule has 0 spiro atoms. The van der Waals surface area contributed by atoms with Gasteiger partial charge in [0.2, 0.25) is 0 Å². The molecule has 1 fully saturated rings. The number of amidine groups is 1. The number of aliphatic hydroxyl groups excluding tert-OH is 1. The number of aliphatic hydroxyl groups is 1. The normalized spacial score (nSPS) is 22.2. The molecule has 0 radical (unpaired) electrons. The summed E-state index contributed by atoms with van der Waals surface area (Å²) < 4.78 is 5.20. The quantitative estimate of drug-likeness (QED) is 0.200. The molecule has 0 aliphatic carbocycles. The van der Waals surface area contributed by atoms with Gasteiger partial charge in [0.25, 0.3) is 0 Å². The smallest absolute Gasteiger partial charge is 0.153 e. The standard InChI is InChI=1S/C8H17N3O3/c9-7(11-13)5-10-8(6-12)1-3-14-4-2-8/h10,12-13H,1-6H2,(H2,9,11). The van der Waals surface area contributed by atoms with Crippen LogP contribution in [0.25, 0.3) is 0 Å². The van der Waals surface area contributed by atoms with E-state index in [2.05, 4.69) is 10.5 Å². The highest BCUT2D eigenvalue weighted by Crippen LogP contribution is 2.19. The summed E-state index contributed by atoms with van der Waals surface area (Å²) in [6.45, 7) is 1.57. The molecule has 6 heteroatoms. The molecule has 1 aliphatic rings. The first-order valence-electron chi connectivity index (χ1n) is 4.62. The highest BCUT2D eigenvalue weighted by atomic mass is 16.5. The molecule has 1 saturated heterocycles. The third-order valence-corrected chi connectivity index (χ3v) is 2.53. The lowest BCUT2D eigenvalue weighted by molar-refractivity contribution is 0.0140. The van der Waals surface area contributed by atoms with E-state index in [9.17, 15) is 5.11 Å². The largest absolute Gasteiger partial charge is 0.409 e. The fraction of sp³-hybridized carbons (Fsp3) is 0.875. The van der Waals surface area contributed by atoms with Crippen molar-refractivity contribution in [3.05, 3.63) is 0 Å². The highest BCUT2D eigenvalue weighted by molar-refractivity contribution is 5.81. The molecular formula is C8H17N3O3. The Hall–Kier alpha value is -0.850. The molecule has 0 saturated carbocycles. The van der Waals surface area contributed by atoms with Crippen LogP contribution in [0.4, 0.5) is 0 Å². The Bertz CT molecular complexity index is 202. The van der Waals surface area contributed by atoms with E-state index in [1.54, 1.807) is 0 Å². The van der Waals surface area contributed by atoms with Crippen LogP contribution < -0.4 is 11.1 Å². The Morgan fingerprint density at radius 2 is 2.14 bits per heavy atom. The Balaban J connectivity index is 2.44. The lowest BCUT2D eigenvalue weighted by Gasteiger charge is -2.36. The van der Waals surface area contributed by atoms with Gasteiger partial charge in [-0.1, -0.05) is 5.16 Å². The number of hydrogen-bond acceptors (Lipinski definition) is 5. The van der Waals surface area contributed by atoms with Gasteiger partial charge in [0, 0.05) is 18.8 Å². The van der Waals surface area contributed by atoms with Gasteiger partial charge in [-0.15, -0.1) is 0 Å². The molecule has 0 bridgehead atoms. The second-order valence-electron chi connectivity index (χ2n) is 3.50. The number of ether oxygens (including phenoxy) is 1. The van der Waals surface area contributed by atoms with Gasteiger partial charge in [-0.3, -0.25) is 0 Å². The van der Waals surface area contributed by atoms with Crippen LogP contribution in [0.3, 0.4) is 0 Å². The molecule has 1 heterocycles. The van der Waals surface area contributed by atoms with Crippen LogP contribution in [-0.2, 0) is 4.74 Å². The molecule has 5 N–H and O–H groups in total. The van der Waals surface area contributed by atoms with E-state index in [-0.39, 0.29) is 24.5 Å². The van der Waals surface area contributed by atoms with Gasteiger partial charge >= 0.3 is 0 Å². The van der Waals surface area contributed by atoms with Gasteiger partial charge in [0.15, 0.2) is 5.84 Å². The van der Waals surface area contributed by atoms with Crippen molar-refractivity contribution in [3.8, 4) is 0 Å². The molecular weight excluding hydrogens is 186 g/mol. The summed E-state index contributed by atoms with van der Waals surface area (Å²) in [6, 6.07) is 0. The van der Waals surface area contributed by atoms with Crippen LogP contribution in [0, 0.1) is 0 Å². The summed E-state index contributed by atoms with van der Waals surface area (Å²) in [5.74, 6) is 0.115.